The first-order valence-corrected chi connectivity index (χ1v) is 8.39. The topological polar surface area (TPSA) is 74.8 Å². The molecule has 3 rings (SSSR count). The second-order valence-corrected chi connectivity index (χ2v) is 7.07. The molecule has 0 fully saturated rings. The summed E-state index contributed by atoms with van der Waals surface area (Å²) in [6.07, 6.45) is 1.61. The zero-order valence-corrected chi connectivity index (χ0v) is 13.5. The van der Waals surface area contributed by atoms with Gasteiger partial charge < -0.3 is 4.98 Å². The second kappa shape index (κ2) is 5.14. The van der Waals surface area contributed by atoms with Crippen LogP contribution in [0.5, 0.6) is 0 Å². The number of hydrogen-bond acceptors (Lipinski definition) is 3. The lowest BCUT2D eigenvalue weighted by atomic mass is 10.1. The highest BCUT2D eigenvalue weighted by atomic mass is 32.2. The van der Waals surface area contributed by atoms with Crippen LogP contribution in [0.25, 0.3) is 11.0 Å². The Hall–Kier alpha value is -2.34. The smallest absolute Gasteiger partial charge is 0.261 e. The molecule has 0 amide bonds. The maximum Gasteiger partial charge on any atom is 0.261 e. The van der Waals surface area contributed by atoms with E-state index in [9.17, 15) is 8.42 Å². The molecule has 1 aromatic heterocycles. The number of benzene rings is 2. The molecule has 3 aromatic rings. The molecule has 0 aliphatic rings. The van der Waals surface area contributed by atoms with Crippen molar-refractivity contribution in [3.8, 4) is 0 Å². The van der Waals surface area contributed by atoms with Gasteiger partial charge in [0.15, 0.2) is 0 Å². The lowest BCUT2D eigenvalue weighted by molar-refractivity contribution is 0.601. The van der Waals surface area contributed by atoms with Gasteiger partial charge >= 0.3 is 0 Å². The normalized spacial score (nSPS) is 11.8. The molecule has 0 bridgehead atoms. The van der Waals surface area contributed by atoms with E-state index in [-0.39, 0.29) is 4.90 Å². The van der Waals surface area contributed by atoms with Crippen molar-refractivity contribution in [2.24, 2.45) is 0 Å². The predicted octanol–water partition coefficient (Wildman–Crippen LogP) is 3.29. The van der Waals surface area contributed by atoms with Crippen LogP contribution in [0.3, 0.4) is 0 Å². The Bertz CT molecular complexity index is 941. The highest BCUT2D eigenvalue weighted by Crippen LogP contribution is 2.28. The summed E-state index contributed by atoms with van der Waals surface area (Å²) in [6.45, 7) is 5.74. The average molecular weight is 315 g/mol. The summed E-state index contributed by atoms with van der Waals surface area (Å²) < 4.78 is 27.7. The van der Waals surface area contributed by atoms with Gasteiger partial charge in [0.25, 0.3) is 10.0 Å². The highest BCUT2D eigenvalue weighted by molar-refractivity contribution is 7.92. The van der Waals surface area contributed by atoms with Crippen LogP contribution in [0.15, 0.2) is 41.6 Å². The molecule has 0 aliphatic carbocycles. The van der Waals surface area contributed by atoms with Gasteiger partial charge in [0.2, 0.25) is 0 Å². The summed E-state index contributed by atoms with van der Waals surface area (Å²) in [4.78, 5) is 7.52. The van der Waals surface area contributed by atoms with E-state index >= 15 is 0 Å². The first-order valence-electron chi connectivity index (χ1n) is 6.91. The molecule has 0 saturated heterocycles. The number of nitrogens with zero attached hydrogens (tertiary/aromatic N) is 1. The van der Waals surface area contributed by atoms with Crippen LogP contribution >= 0.6 is 0 Å². The molecule has 22 heavy (non-hydrogen) atoms. The summed E-state index contributed by atoms with van der Waals surface area (Å²) in [7, 11) is -3.61. The monoisotopic (exact) mass is 315 g/mol. The Morgan fingerprint density at radius 1 is 1.05 bits per heavy atom. The Morgan fingerprint density at radius 2 is 1.73 bits per heavy atom. The highest BCUT2D eigenvalue weighted by Gasteiger charge is 2.17. The maximum absolute atomic E-state index is 12.5. The summed E-state index contributed by atoms with van der Waals surface area (Å²) in [5.41, 5.74) is 5.08. The SMILES string of the molecule is Cc1ccc(S(=O)(=O)Nc2cc3[nH]cnc3c(C)c2C)cc1. The summed E-state index contributed by atoms with van der Waals surface area (Å²) in [6, 6.07) is 8.55. The van der Waals surface area contributed by atoms with Gasteiger partial charge in [0.1, 0.15) is 0 Å². The third kappa shape index (κ3) is 2.46. The standard InChI is InChI=1S/C16H17N3O2S/c1-10-4-6-13(7-5-10)22(20,21)19-14-8-15-16(18-9-17-15)12(3)11(14)2/h4-9,19H,1-3H3,(H,17,18). The number of rotatable bonds is 3. The van der Waals surface area contributed by atoms with Gasteiger partial charge in [0.05, 0.1) is 27.9 Å². The molecular weight excluding hydrogens is 298 g/mol. The van der Waals surface area contributed by atoms with E-state index in [1.54, 1.807) is 36.7 Å². The number of aryl methyl sites for hydroxylation is 2. The van der Waals surface area contributed by atoms with Crippen molar-refractivity contribution in [2.45, 2.75) is 25.7 Å². The number of fused-ring (bicyclic) bond motifs is 1. The van der Waals surface area contributed by atoms with E-state index < -0.39 is 10.0 Å². The second-order valence-electron chi connectivity index (χ2n) is 5.39. The summed E-state index contributed by atoms with van der Waals surface area (Å²) in [5, 5.41) is 0. The van der Waals surface area contributed by atoms with Crippen molar-refractivity contribution >= 4 is 26.7 Å². The van der Waals surface area contributed by atoms with Crippen LogP contribution in [0.1, 0.15) is 16.7 Å². The van der Waals surface area contributed by atoms with E-state index in [0.717, 1.165) is 27.7 Å². The number of aromatic nitrogens is 2. The lowest BCUT2D eigenvalue weighted by Gasteiger charge is -2.13. The fourth-order valence-corrected chi connectivity index (χ4v) is 3.49. The molecule has 0 atom stereocenters. The largest absolute Gasteiger partial charge is 0.345 e. The zero-order chi connectivity index (χ0) is 15.9. The fraction of sp³-hybridized carbons (Fsp3) is 0.188. The molecule has 0 unspecified atom stereocenters. The van der Waals surface area contributed by atoms with Crippen molar-refractivity contribution in [1.82, 2.24) is 9.97 Å². The summed E-state index contributed by atoms with van der Waals surface area (Å²) >= 11 is 0. The number of nitrogens with one attached hydrogen (secondary N) is 2. The molecule has 5 nitrogen and oxygen atoms in total. The van der Waals surface area contributed by atoms with Gasteiger partial charge in [-0.1, -0.05) is 17.7 Å². The number of aromatic amines is 1. The minimum absolute atomic E-state index is 0.250. The van der Waals surface area contributed by atoms with Crippen molar-refractivity contribution in [3.05, 3.63) is 53.3 Å². The van der Waals surface area contributed by atoms with Crippen LogP contribution in [0.2, 0.25) is 0 Å². The molecular formula is C16H17N3O2S. The summed E-state index contributed by atoms with van der Waals surface area (Å²) in [5.74, 6) is 0. The lowest BCUT2D eigenvalue weighted by Crippen LogP contribution is -2.14. The van der Waals surface area contributed by atoms with Crippen LogP contribution in [-0.4, -0.2) is 18.4 Å². The van der Waals surface area contributed by atoms with Crippen LogP contribution in [0.4, 0.5) is 5.69 Å². The van der Waals surface area contributed by atoms with Crippen LogP contribution < -0.4 is 4.72 Å². The van der Waals surface area contributed by atoms with Gasteiger partial charge in [-0.05, 0) is 50.1 Å². The molecule has 2 aromatic carbocycles. The first kappa shape index (κ1) is 14.6. The molecule has 0 radical (unpaired) electrons. The van der Waals surface area contributed by atoms with E-state index in [4.69, 9.17) is 0 Å². The Morgan fingerprint density at radius 3 is 2.41 bits per heavy atom. The van der Waals surface area contributed by atoms with Gasteiger partial charge in [0, 0.05) is 0 Å². The zero-order valence-electron chi connectivity index (χ0n) is 12.6. The molecule has 6 heteroatoms. The van der Waals surface area contributed by atoms with Crippen molar-refractivity contribution < 1.29 is 8.42 Å². The first-order chi connectivity index (χ1) is 10.4. The molecule has 0 aliphatic heterocycles. The minimum Gasteiger partial charge on any atom is -0.345 e. The quantitative estimate of drug-likeness (QED) is 0.779. The number of anilines is 1. The molecule has 114 valence electrons. The Balaban J connectivity index is 2.05. The van der Waals surface area contributed by atoms with Gasteiger partial charge in [-0.15, -0.1) is 0 Å². The third-order valence-corrected chi connectivity index (χ3v) is 5.24. The van der Waals surface area contributed by atoms with Crippen LogP contribution in [0, 0.1) is 20.8 Å². The maximum atomic E-state index is 12.5. The number of H-pyrrole nitrogens is 1. The molecule has 2 N–H and O–H groups in total. The average Bonchev–Trinajstić information content (AvgIpc) is 2.93. The van der Waals surface area contributed by atoms with E-state index in [1.807, 2.05) is 20.8 Å². The van der Waals surface area contributed by atoms with Crippen molar-refractivity contribution in [3.63, 3.8) is 0 Å². The number of hydrogen-bond donors (Lipinski definition) is 2. The van der Waals surface area contributed by atoms with E-state index in [2.05, 4.69) is 14.7 Å². The molecule has 1 heterocycles. The minimum atomic E-state index is -3.61. The number of imidazole rings is 1. The Labute approximate surface area is 129 Å². The number of sulfonamides is 1. The van der Waals surface area contributed by atoms with Crippen LogP contribution in [-0.2, 0) is 10.0 Å². The van der Waals surface area contributed by atoms with Crippen molar-refractivity contribution in [2.75, 3.05) is 4.72 Å². The predicted molar refractivity (Wildman–Crippen MR) is 87.6 cm³/mol. The van der Waals surface area contributed by atoms with Crippen molar-refractivity contribution in [1.29, 1.82) is 0 Å². The fourth-order valence-electron chi connectivity index (χ4n) is 2.37. The van der Waals surface area contributed by atoms with E-state index in [0.29, 0.717) is 5.69 Å². The van der Waals surface area contributed by atoms with E-state index in [1.165, 1.54) is 0 Å². The van der Waals surface area contributed by atoms with Gasteiger partial charge in [-0.3, -0.25) is 4.72 Å². The van der Waals surface area contributed by atoms with Gasteiger partial charge in [-0.2, -0.15) is 0 Å². The Kier molecular flexibility index (Phi) is 3.41. The third-order valence-electron chi connectivity index (χ3n) is 3.85. The van der Waals surface area contributed by atoms with Gasteiger partial charge in [-0.25, -0.2) is 13.4 Å². The molecule has 0 spiro atoms. The molecule has 0 saturated carbocycles.